The van der Waals surface area contributed by atoms with Gasteiger partial charge in [0.15, 0.2) is 0 Å². The van der Waals surface area contributed by atoms with E-state index in [-0.39, 0.29) is 12.1 Å². The Bertz CT molecular complexity index is 884. The van der Waals surface area contributed by atoms with E-state index < -0.39 is 0 Å². The van der Waals surface area contributed by atoms with Crippen LogP contribution >= 0.6 is 11.8 Å². The van der Waals surface area contributed by atoms with E-state index in [1.165, 1.54) is 10.9 Å². The van der Waals surface area contributed by atoms with Crippen LogP contribution in [-0.4, -0.2) is 95.5 Å². The largest absolute Gasteiger partial charge is 0.361 e. The third kappa shape index (κ3) is 5.16. The highest BCUT2D eigenvalue weighted by Crippen LogP contribution is 2.30. The maximum absolute atomic E-state index is 14.1. The van der Waals surface area contributed by atoms with Crippen molar-refractivity contribution >= 4 is 28.6 Å². The van der Waals surface area contributed by atoms with Gasteiger partial charge in [-0.2, -0.15) is 11.8 Å². The van der Waals surface area contributed by atoms with Gasteiger partial charge in [-0.3, -0.25) is 14.6 Å². The lowest BCUT2D eigenvalue weighted by atomic mass is 10.0. The Morgan fingerprint density at radius 2 is 1.91 bits per heavy atom. The van der Waals surface area contributed by atoms with Crippen LogP contribution in [-0.2, 0) is 4.79 Å². The second kappa shape index (κ2) is 11.1. The van der Waals surface area contributed by atoms with Gasteiger partial charge in [0.05, 0.1) is 12.1 Å². The van der Waals surface area contributed by atoms with Gasteiger partial charge in [0.1, 0.15) is 0 Å². The van der Waals surface area contributed by atoms with Gasteiger partial charge in [-0.15, -0.1) is 0 Å². The maximum Gasteiger partial charge on any atom is 0.240 e. The molecular formula is C25H39N5OS. The maximum atomic E-state index is 14.1. The minimum Gasteiger partial charge on any atom is -0.361 e. The van der Waals surface area contributed by atoms with Gasteiger partial charge in [0, 0.05) is 68.0 Å². The number of nitrogens with zero attached hydrogens (tertiary/aromatic N) is 3. The zero-order valence-electron chi connectivity index (χ0n) is 19.8. The lowest BCUT2D eigenvalue weighted by Crippen LogP contribution is -2.56. The fourth-order valence-corrected chi connectivity index (χ4v) is 5.74. The highest BCUT2D eigenvalue weighted by Gasteiger charge is 2.36. The highest BCUT2D eigenvalue weighted by molar-refractivity contribution is 7.98. The Labute approximate surface area is 197 Å². The van der Waals surface area contributed by atoms with E-state index in [0.717, 1.165) is 69.9 Å². The molecule has 2 fully saturated rings. The number of rotatable bonds is 7. The number of fused-ring (bicyclic) bond motifs is 1. The predicted octanol–water partition coefficient (Wildman–Crippen LogP) is 3.18. The molecule has 2 N–H and O–H groups in total. The zero-order valence-corrected chi connectivity index (χ0v) is 20.7. The van der Waals surface area contributed by atoms with Crippen LogP contribution in [0.15, 0.2) is 30.5 Å². The highest BCUT2D eigenvalue weighted by atomic mass is 32.2. The molecule has 2 aliphatic rings. The van der Waals surface area contributed by atoms with Crippen LogP contribution in [0, 0.1) is 0 Å². The molecule has 0 radical (unpaired) electrons. The molecule has 2 saturated heterocycles. The summed E-state index contributed by atoms with van der Waals surface area (Å²) in [5.41, 5.74) is 2.37. The van der Waals surface area contributed by atoms with Gasteiger partial charge < -0.3 is 15.2 Å². The van der Waals surface area contributed by atoms with Crippen LogP contribution in [0.1, 0.15) is 38.3 Å². The number of aromatic nitrogens is 1. The van der Waals surface area contributed by atoms with Crippen molar-refractivity contribution in [1.82, 2.24) is 25.0 Å². The molecule has 1 aromatic heterocycles. The summed E-state index contributed by atoms with van der Waals surface area (Å²) in [4.78, 5) is 24.7. The van der Waals surface area contributed by atoms with Crippen LogP contribution in [0.5, 0.6) is 0 Å². The molecule has 3 heterocycles. The van der Waals surface area contributed by atoms with Crippen molar-refractivity contribution in [3.63, 3.8) is 0 Å². The number of nitrogens with one attached hydrogen (secondary N) is 2. The minimum absolute atomic E-state index is 0.0274. The van der Waals surface area contributed by atoms with E-state index >= 15 is 0 Å². The predicted molar refractivity (Wildman–Crippen MR) is 135 cm³/mol. The van der Waals surface area contributed by atoms with E-state index in [1.54, 1.807) is 0 Å². The molecule has 2 aromatic rings. The average molecular weight is 458 g/mol. The Morgan fingerprint density at radius 1 is 1.12 bits per heavy atom. The Morgan fingerprint density at radius 3 is 2.72 bits per heavy atom. The fraction of sp³-hybridized carbons (Fsp3) is 0.640. The summed E-state index contributed by atoms with van der Waals surface area (Å²) in [5.74, 6) is 1.33. The second-order valence-corrected chi connectivity index (χ2v) is 10.3. The summed E-state index contributed by atoms with van der Waals surface area (Å²) >= 11 is 1.84. The molecule has 0 saturated carbocycles. The third-order valence-corrected chi connectivity index (χ3v) is 7.77. The minimum atomic E-state index is -0.0274. The number of amides is 1. The molecule has 4 rings (SSSR count). The summed E-state index contributed by atoms with van der Waals surface area (Å²) in [5, 5.41) is 4.75. The lowest BCUT2D eigenvalue weighted by Gasteiger charge is -2.41. The van der Waals surface area contributed by atoms with Gasteiger partial charge in [-0.05, 0) is 51.3 Å². The number of H-pyrrole nitrogens is 1. The van der Waals surface area contributed by atoms with Crippen LogP contribution in [0.25, 0.3) is 10.9 Å². The molecule has 176 valence electrons. The molecule has 32 heavy (non-hydrogen) atoms. The lowest BCUT2D eigenvalue weighted by molar-refractivity contribution is -0.140. The van der Waals surface area contributed by atoms with Crippen molar-refractivity contribution in [3.05, 3.63) is 36.0 Å². The topological polar surface area (TPSA) is 54.6 Å². The number of aromatic amines is 1. The van der Waals surface area contributed by atoms with Gasteiger partial charge in [0.2, 0.25) is 5.91 Å². The number of benzene rings is 1. The standard InChI is InChI=1S/C25H39N5OS/c1-19(2)28-11-6-12-29(15-14-28)23(9-16-32-3)25(31)30-13-10-26-18-24(30)21-17-27-22-8-5-4-7-20(21)22/h4-5,7-8,17,19,23-24,26-27H,6,9-16,18H2,1-3H3/t23-,24+/m1/s1. The molecule has 0 spiro atoms. The number of carbonyl (C=O) groups excluding carboxylic acids is 1. The first-order chi connectivity index (χ1) is 15.6. The van der Waals surface area contributed by atoms with Crippen LogP contribution in [0.4, 0.5) is 0 Å². The van der Waals surface area contributed by atoms with Gasteiger partial charge >= 0.3 is 0 Å². The van der Waals surface area contributed by atoms with Crippen molar-refractivity contribution in [1.29, 1.82) is 0 Å². The summed E-state index contributed by atoms with van der Waals surface area (Å²) in [6, 6.07) is 9.03. The van der Waals surface area contributed by atoms with Crippen molar-refractivity contribution in [3.8, 4) is 0 Å². The van der Waals surface area contributed by atoms with Crippen LogP contribution in [0.3, 0.4) is 0 Å². The number of carbonyl (C=O) groups is 1. The van der Waals surface area contributed by atoms with Gasteiger partial charge in [-0.25, -0.2) is 0 Å². The summed E-state index contributed by atoms with van der Waals surface area (Å²) in [6.45, 7) is 11.2. The first kappa shape index (κ1) is 23.6. The molecule has 1 amide bonds. The number of thioether (sulfide) groups is 1. The molecule has 0 bridgehead atoms. The molecule has 2 aliphatic heterocycles. The number of para-hydroxylation sites is 1. The number of hydrogen-bond acceptors (Lipinski definition) is 5. The van der Waals surface area contributed by atoms with E-state index in [2.05, 4.69) is 75.6 Å². The Kier molecular flexibility index (Phi) is 8.16. The summed E-state index contributed by atoms with van der Waals surface area (Å²) in [6.07, 6.45) is 6.30. The Hall–Kier alpha value is -1.54. The molecule has 1 aromatic carbocycles. The van der Waals surface area contributed by atoms with E-state index in [9.17, 15) is 4.79 Å². The van der Waals surface area contributed by atoms with E-state index in [1.807, 2.05) is 11.8 Å². The first-order valence-electron chi connectivity index (χ1n) is 12.1. The smallest absolute Gasteiger partial charge is 0.240 e. The molecule has 2 atom stereocenters. The molecule has 6 nitrogen and oxygen atoms in total. The fourth-order valence-electron chi connectivity index (χ4n) is 5.28. The quantitative estimate of drug-likeness (QED) is 0.669. The van der Waals surface area contributed by atoms with Crippen LogP contribution in [0.2, 0.25) is 0 Å². The van der Waals surface area contributed by atoms with Gasteiger partial charge in [0.25, 0.3) is 0 Å². The van der Waals surface area contributed by atoms with Crippen LogP contribution < -0.4 is 5.32 Å². The molecule has 0 aliphatic carbocycles. The number of hydrogen-bond donors (Lipinski definition) is 2. The van der Waals surface area contributed by atoms with Gasteiger partial charge in [-0.1, -0.05) is 18.2 Å². The summed E-state index contributed by atoms with van der Waals surface area (Å²) in [7, 11) is 0. The monoisotopic (exact) mass is 457 g/mol. The van der Waals surface area contributed by atoms with Crippen molar-refractivity contribution in [2.75, 3.05) is 57.8 Å². The zero-order chi connectivity index (χ0) is 22.5. The van der Waals surface area contributed by atoms with E-state index in [0.29, 0.717) is 11.9 Å². The first-order valence-corrected chi connectivity index (χ1v) is 13.5. The van der Waals surface area contributed by atoms with Crippen molar-refractivity contribution < 1.29 is 4.79 Å². The third-order valence-electron chi connectivity index (χ3n) is 7.12. The van der Waals surface area contributed by atoms with Crippen molar-refractivity contribution in [2.24, 2.45) is 0 Å². The number of piperazine rings is 1. The second-order valence-electron chi connectivity index (χ2n) is 9.36. The normalized spacial score (nSPS) is 22.4. The SMILES string of the molecule is CSCC[C@H](C(=O)N1CCNC[C@H]1c1c[nH]c2ccccc12)N1CCCN(C(C)C)CC1. The summed E-state index contributed by atoms with van der Waals surface area (Å²) < 4.78 is 0. The van der Waals surface area contributed by atoms with Crippen molar-refractivity contribution in [2.45, 2.75) is 44.8 Å². The Balaban J connectivity index is 1.57. The molecule has 7 heteroatoms. The average Bonchev–Trinajstić information content (AvgIpc) is 3.08. The van der Waals surface area contributed by atoms with E-state index in [4.69, 9.17) is 0 Å². The molecule has 0 unspecified atom stereocenters. The molecular weight excluding hydrogens is 418 g/mol.